The standard InChI is InChI=1S/C44H68N4O/c1-10-39(30(2)3)46-33(6)40-32(5)18-14-23-38(40)41(42(35-19-15-20-35)49-44(7,8)9)48-28-34(29-48)27-31(4)17-12-11-13-22-37-25-24-36-21-16-26-45-43(36)47-37/h14,18,23-25,30-31,34,39,41H,10-13,15-17,19-22,26-29H2,1-9H3,(H,45,47). The van der Waals surface area contributed by atoms with Crippen LogP contribution in [0.4, 0.5) is 5.82 Å². The van der Waals surface area contributed by atoms with Crippen molar-refractivity contribution in [2.45, 2.75) is 157 Å². The molecule has 3 atom stereocenters. The number of unbranched alkanes of at least 4 members (excludes halogenated alkanes) is 2. The van der Waals surface area contributed by atoms with Gasteiger partial charge in [-0.25, -0.2) is 4.98 Å². The van der Waals surface area contributed by atoms with E-state index in [9.17, 15) is 0 Å². The Morgan fingerprint density at radius 3 is 2.47 bits per heavy atom. The molecule has 5 heteroatoms. The zero-order valence-electron chi connectivity index (χ0n) is 32.6. The van der Waals surface area contributed by atoms with Crippen molar-refractivity contribution in [2.75, 3.05) is 25.0 Å². The van der Waals surface area contributed by atoms with Crippen LogP contribution < -0.4 is 5.32 Å². The van der Waals surface area contributed by atoms with E-state index in [2.05, 4.69) is 103 Å². The van der Waals surface area contributed by atoms with Crippen LogP contribution in [0, 0.1) is 24.7 Å². The lowest BCUT2D eigenvalue weighted by molar-refractivity contribution is -0.0180. The monoisotopic (exact) mass is 669 g/mol. The highest BCUT2D eigenvalue weighted by molar-refractivity contribution is 6.01. The lowest BCUT2D eigenvalue weighted by atomic mass is 9.81. The summed E-state index contributed by atoms with van der Waals surface area (Å²) >= 11 is 0. The molecule has 1 aliphatic carbocycles. The molecule has 1 saturated heterocycles. The van der Waals surface area contributed by atoms with E-state index in [1.54, 1.807) is 0 Å². The summed E-state index contributed by atoms with van der Waals surface area (Å²) in [5, 5.41) is 3.49. The van der Waals surface area contributed by atoms with Crippen LogP contribution in [0.2, 0.25) is 0 Å². The molecule has 3 aliphatic rings. The van der Waals surface area contributed by atoms with Crippen molar-refractivity contribution in [3.05, 3.63) is 69.6 Å². The van der Waals surface area contributed by atoms with Gasteiger partial charge in [0, 0.05) is 36.6 Å². The molecule has 270 valence electrons. The Hall–Kier alpha value is -2.66. The average Bonchev–Trinajstić information content (AvgIpc) is 3.00. The summed E-state index contributed by atoms with van der Waals surface area (Å²) in [6.07, 6.45) is 14.6. The van der Waals surface area contributed by atoms with Gasteiger partial charge in [0.05, 0.1) is 12.1 Å². The minimum atomic E-state index is -0.236. The first-order valence-corrected chi connectivity index (χ1v) is 19.9. The summed E-state index contributed by atoms with van der Waals surface area (Å²) in [5.41, 5.74) is 9.14. The molecule has 5 nitrogen and oxygen atoms in total. The fraction of sp³-hybridized carbons (Fsp3) is 0.682. The Labute approximate surface area is 299 Å². The summed E-state index contributed by atoms with van der Waals surface area (Å²) in [6.45, 7) is 23.9. The largest absolute Gasteiger partial charge is 0.491 e. The predicted octanol–water partition coefficient (Wildman–Crippen LogP) is 11.0. The Morgan fingerprint density at radius 1 is 1.02 bits per heavy atom. The number of aliphatic imine (C=N–C) groups is 1. The van der Waals surface area contributed by atoms with Crippen LogP contribution in [-0.4, -0.2) is 46.9 Å². The molecular weight excluding hydrogens is 601 g/mol. The Kier molecular flexibility index (Phi) is 13.1. The highest BCUT2D eigenvalue weighted by Crippen LogP contribution is 2.45. The van der Waals surface area contributed by atoms with E-state index >= 15 is 0 Å². The summed E-state index contributed by atoms with van der Waals surface area (Å²) < 4.78 is 6.97. The Bertz CT molecular complexity index is 1440. The van der Waals surface area contributed by atoms with Crippen LogP contribution in [0.25, 0.3) is 0 Å². The molecule has 49 heavy (non-hydrogen) atoms. The van der Waals surface area contributed by atoms with E-state index in [0.29, 0.717) is 12.0 Å². The molecule has 2 fully saturated rings. The molecule has 1 aromatic heterocycles. The van der Waals surface area contributed by atoms with Gasteiger partial charge < -0.3 is 10.1 Å². The third-order valence-electron chi connectivity index (χ3n) is 11.1. The number of anilines is 1. The number of pyridine rings is 1. The zero-order valence-corrected chi connectivity index (χ0v) is 32.6. The first-order chi connectivity index (χ1) is 23.4. The van der Waals surface area contributed by atoms with Crippen molar-refractivity contribution in [3.63, 3.8) is 0 Å². The topological polar surface area (TPSA) is 49.8 Å². The van der Waals surface area contributed by atoms with Gasteiger partial charge in [0.1, 0.15) is 17.2 Å². The van der Waals surface area contributed by atoms with Gasteiger partial charge in [0.15, 0.2) is 0 Å². The van der Waals surface area contributed by atoms with Crippen LogP contribution in [0.5, 0.6) is 0 Å². The molecule has 5 rings (SSSR count). The Balaban J connectivity index is 1.24. The maximum atomic E-state index is 6.97. The Morgan fingerprint density at radius 2 is 1.80 bits per heavy atom. The molecule has 2 aromatic rings. The number of hydrogen-bond acceptors (Lipinski definition) is 5. The number of aromatic nitrogens is 1. The molecule has 1 aromatic carbocycles. The average molecular weight is 669 g/mol. The molecule has 3 unspecified atom stereocenters. The molecule has 0 bridgehead atoms. The summed E-state index contributed by atoms with van der Waals surface area (Å²) in [7, 11) is 0. The number of nitrogens with zero attached hydrogens (tertiary/aromatic N) is 3. The number of likely N-dealkylation sites (tertiary alicyclic amines) is 1. The summed E-state index contributed by atoms with van der Waals surface area (Å²) in [5.74, 6) is 4.40. The van der Waals surface area contributed by atoms with Gasteiger partial charge in [0.25, 0.3) is 0 Å². The second kappa shape index (κ2) is 17.0. The van der Waals surface area contributed by atoms with Gasteiger partial charge in [0.2, 0.25) is 0 Å². The summed E-state index contributed by atoms with van der Waals surface area (Å²) in [4.78, 5) is 13.0. The number of rotatable bonds is 16. The lowest BCUT2D eigenvalue weighted by Crippen LogP contribution is -2.50. The summed E-state index contributed by atoms with van der Waals surface area (Å²) in [6, 6.07) is 11.9. The van der Waals surface area contributed by atoms with Crippen molar-refractivity contribution in [2.24, 2.45) is 22.7 Å². The van der Waals surface area contributed by atoms with Crippen LogP contribution >= 0.6 is 0 Å². The molecular formula is C44H68N4O. The van der Waals surface area contributed by atoms with Crippen molar-refractivity contribution in [1.82, 2.24) is 9.88 Å². The van der Waals surface area contributed by atoms with Crippen molar-refractivity contribution >= 4 is 11.5 Å². The number of allylic oxidation sites excluding steroid dienone is 1. The molecule has 3 heterocycles. The molecule has 0 amide bonds. The van der Waals surface area contributed by atoms with Crippen molar-refractivity contribution in [1.29, 1.82) is 0 Å². The van der Waals surface area contributed by atoms with E-state index in [0.717, 1.165) is 69.4 Å². The number of nitrogens with one attached hydrogen (secondary N) is 1. The third-order valence-corrected chi connectivity index (χ3v) is 11.1. The second-order valence-corrected chi connectivity index (χ2v) is 17.0. The van der Waals surface area contributed by atoms with Gasteiger partial charge in [-0.3, -0.25) is 9.89 Å². The normalized spacial score (nSPS) is 19.1. The molecule has 0 spiro atoms. The van der Waals surface area contributed by atoms with E-state index in [4.69, 9.17) is 14.7 Å². The highest BCUT2D eigenvalue weighted by atomic mass is 16.5. The quantitative estimate of drug-likeness (QED) is 0.110. The van der Waals surface area contributed by atoms with Gasteiger partial charge in [-0.1, -0.05) is 71.2 Å². The van der Waals surface area contributed by atoms with Gasteiger partial charge in [-0.2, -0.15) is 0 Å². The minimum Gasteiger partial charge on any atom is -0.491 e. The number of ether oxygens (including phenoxy) is 1. The van der Waals surface area contributed by atoms with E-state index < -0.39 is 0 Å². The SMILES string of the molecule is CCC(N=C(C)c1c(C)cccc1C(C(OC(C)(C)C)=C1CCC1)N1CC(CC(C)CCCCCc2ccc3c(n2)NCCC3)C1)C(C)C. The van der Waals surface area contributed by atoms with Gasteiger partial charge in [-0.15, -0.1) is 0 Å². The van der Waals surface area contributed by atoms with E-state index in [1.807, 2.05) is 0 Å². The molecule has 1 N–H and O–H groups in total. The number of fused-ring (bicyclic) bond motifs is 1. The fourth-order valence-electron chi connectivity index (χ4n) is 8.33. The lowest BCUT2D eigenvalue weighted by Gasteiger charge is -2.48. The fourth-order valence-corrected chi connectivity index (χ4v) is 8.33. The van der Waals surface area contributed by atoms with Crippen LogP contribution in [0.1, 0.15) is 154 Å². The first kappa shape index (κ1) is 37.6. The van der Waals surface area contributed by atoms with E-state index in [1.165, 1.54) is 89.9 Å². The van der Waals surface area contributed by atoms with Crippen molar-refractivity contribution in [3.8, 4) is 0 Å². The molecule has 1 saturated carbocycles. The third kappa shape index (κ3) is 9.99. The molecule has 2 aliphatic heterocycles. The molecule has 0 radical (unpaired) electrons. The number of aryl methyl sites for hydroxylation is 3. The van der Waals surface area contributed by atoms with Crippen LogP contribution in [0.15, 0.2) is 46.7 Å². The van der Waals surface area contributed by atoms with Gasteiger partial charge in [-0.05, 0) is 138 Å². The minimum absolute atomic E-state index is 0.146. The van der Waals surface area contributed by atoms with Crippen LogP contribution in [0.3, 0.4) is 0 Å². The number of hydrogen-bond donors (Lipinski definition) is 1. The maximum absolute atomic E-state index is 6.97. The predicted molar refractivity (Wildman–Crippen MR) is 209 cm³/mol. The van der Waals surface area contributed by atoms with Crippen molar-refractivity contribution < 1.29 is 4.74 Å². The second-order valence-electron chi connectivity index (χ2n) is 17.0. The van der Waals surface area contributed by atoms with Crippen LogP contribution in [-0.2, 0) is 17.6 Å². The van der Waals surface area contributed by atoms with E-state index in [-0.39, 0.29) is 11.6 Å². The smallest absolute Gasteiger partial charge is 0.129 e. The first-order valence-electron chi connectivity index (χ1n) is 19.9. The zero-order chi connectivity index (χ0) is 35.1. The number of benzene rings is 1. The maximum Gasteiger partial charge on any atom is 0.129 e. The highest BCUT2D eigenvalue weighted by Gasteiger charge is 2.40. The van der Waals surface area contributed by atoms with Gasteiger partial charge >= 0.3 is 0 Å².